The molecule has 5 rings (SSSR count). The number of fused-ring (bicyclic) bond motifs is 1. The molecule has 4 aromatic rings. The number of H-pyrrole nitrogens is 1. The second kappa shape index (κ2) is 11.0. The zero-order chi connectivity index (χ0) is 26.7. The van der Waals surface area contributed by atoms with Gasteiger partial charge in [0, 0.05) is 41.8 Å². The van der Waals surface area contributed by atoms with Crippen molar-refractivity contribution in [2.45, 2.75) is 25.6 Å². The third kappa shape index (κ3) is 5.75. The van der Waals surface area contributed by atoms with E-state index in [1.54, 1.807) is 32.0 Å². The van der Waals surface area contributed by atoms with Gasteiger partial charge in [-0.1, -0.05) is 42.5 Å². The molecule has 0 aliphatic carbocycles. The molecule has 1 aromatic heterocycles. The van der Waals surface area contributed by atoms with Gasteiger partial charge in [-0.2, -0.15) is 0 Å². The highest BCUT2D eigenvalue weighted by molar-refractivity contribution is 7.93. The molecule has 0 spiro atoms. The number of nitrogens with zero attached hydrogens (tertiary/aromatic N) is 2. The van der Waals surface area contributed by atoms with E-state index >= 15 is 0 Å². The standard InChI is InChI=1S/C29H32N4O4S/c1-20(2)38(35,36)32-24-12-13-26-25(18-24)27(29(34)31-26)28(22-6-4-3-5-7-22)30-23-10-8-21(9-11-23)19-33-14-16-37-17-15-33/h3-13,18,20,31-32,34H,14-17,19H2,1-2H3. The van der Waals surface area contributed by atoms with Gasteiger partial charge in [-0.3, -0.25) is 9.62 Å². The number of anilines is 1. The van der Waals surface area contributed by atoms with E-state index in [1.807, 2.05) is 42.5 Å². The molecule has 38 heavy (non-hydrogen) atoms. The lowest BCUT2D eigenvalue weighted by molar-refractivity contribution is 0.0342. The van der Waals surface area contributed by atoms with Gasteiger partial charge in [-0.05, 0) is 49.7 Å². The topological polar surface area (TPSA) is 107 Å². The summed E-state index contributed by atoms with van der Waals surface area (Å²) in [5.74, 6) is -0.0320. The van der Waals surface area contributed by atoms with Crippen LogP contribution in [0.1, 0.15) is 30.5 Å². The molecule has 0 unspecified atom stereocenters. The number of aromatic amines is 1. The van der Waals surface area contributed by atoms with E-state index in [-0.39, 0.29) is 5.88 Å². The largest absolute Gasteiger partial charge is 0.494 e. The number of morpholine rings is 1. The molecule has 3 aromatic carbocycles. The van der Waals surface area contributed by atoms with Crippen molar-refractivity contribution in [2.75, 3.05) is 31.0 Å². The predicted octanol–water partition coefficient (Wildman–Crippen LogP) is 5.02. The third-order valence-electron chi connectivity index (χ3n) is 6.63. The summed E-state index contributed by atoms with van der Waals surface area (Å²) in [4.78, 5) is 10.3. The first kappa shape index (κ1) is 26.0. The zero-order valence-electron chi connectivity index (χ0n) is 21.5. The maximum atomic E-state index is 12.5. The van der Waals surface area contributed by atoms with E-state index < -0.39 is 15.3 Å². The predicted molar refractivity (Wildman–Crippen MR) is 152 cm³/mol. The number of hydrogen-bond acceptors (Lipinski definition) is 6. The van der Waals surface area contributed by atoms with Crippen LogP contribution in [0.4, 0.5) is 11.4 Å². The van der Waals surface area contributed by atoms with Crippen LogP contribution in [-0.4, -0.2) is 60.7 Å². The molecular weight excluding hydrogens is 500 g/mol. The summed E-state index contributed by atoms with van der Waals surface area (Å²) < 4.78 is 33.0. The molecular formula is C29H32N4O4S. The van der Waals surface area contributed by atoms with Crippen LogP contribution in [0.25, 0.3) is 10.9 Å². The minimum Gasteiger partial charge on any atom is -0.494 e. The van der Waals surface area contributed by atoms with Crippen molar-refractivity contribution in [1.29, 1.82) is 0 Å². The van der Waals surface area contributed by atoms with Gasteiger partial charge in [0.05, 0.1) is 35.4 Å². The first-order valence-corrected chi connectivity index (χ1v) is 14.2. The van der Waals surface area contributed by atoms with Crippen LogP contribution in [-0.2, 0) is 21.3 Å². The SMILES string of the molecule is CC(C)S(=O)(=O)Nc1ccc2[nH]c(O)c(C(=Nc3ccc(CN4CCOCC4)cc3)c3ccccc3)c2c1. The van der Waals surface area contributed by atoms with E-state index in [2.05, 4.69) is 26.7 Å². The van der Waals surface area contributed by atoms with Crippen LogP contribution in [0.5, 0.6) is 5.88 Å². The average molecular weight is 533 g/mol. The Kier molecular flexibility index (Phi) is 7.51. The minimum absolute atomic E-state index is 0.0320. The van der Waals surface area contributed by atoms with Crippen molar-refractivity contribution >= 4 is 38.0 Å². The number of hydrogen-bond donors (Lipinski definition) is 3. The van der Waals surface area contributed by atoms with Crippen molar-refractivity contribution in [2.24, 2.45) is 4.99 Å². The molecule has 0 saturated carbocycles. The van der Waals surface area contributed by atoms with Crippen LogP contribution in [0.2, 0.25) is 0 Å². The highest BCUT2D eigenvalue weighted by Crippen LogP contribution is 2.33. The summed E-state index contributed by atoms with van der Waals surface area (Å²) in [6, 6.07) is 22.9. The Balaban J connectivity index is 1.54. The molecule has 2 heterocycles. The maximum Gasteiger partial charge on any atom is 0.235 e. The highest BCUT2D eigenvalue weighted by Gasteiger charge is 2.21. The Hall–Kier alpha value is -3.66. The molecule has 0 bridgehead atoms. The summed E-state index contributed by atoms with van der Waals surface area (Å²) in [7, 11) is -3.53. The quantitative estimate of drug-likeness (QED) is 0.276. The molecule has 1 aliphatic heterocycles. The van der Waals surface area contributed by atoms with Crippen molar-refractivity contribution in [3.63, 3.8) is 0 Å². The Labute approximate surface area is 223 Å². The van der Waals surface area contributed by atoms with Crippen LogP contribution in [0.3, 0.4) is 0 Å². The van der Waals surface area contributed by atoms with Crippen LogP contribution >= 0.6 is 0 Å². The number of sulfonamides is 1. The second-order valence-corrected chi connectivity index (χ2v) is 11.9. The van der Waals surface area contributed by atoms with E-state index in [9.17, 15) is 13.5 Å². The zero-order valence-corrected chi connectivity index (χ0v) is 22.3. The molecule has 0 amide bonds. The third-order valence-corrected chi connectivity index (χ3v) is 8.39. The van der Waals surface area contributed by atoms with Crippen LogP contribution in [0.15, 0.2) is 77.8 Å². The molecule has 0 radical (unpaired) electrons. The Morgan fingerprint density at radius 3 is 2.45 bits per heavy atom. The Bertz CT molecular complexity index is 1540. The van der Waals surface area contributed by atoms with Crippen molar-refractivity contribution in [1.82, 2.24) is 9.88 Å². The van der Waals surface area contributed by atoms with E-state index in [0.29, 0.717) is 27.9 Å². The number of aromatic hydroxyl groups is 1. The fraction of sp³-hybridized carbons (Fsp3) is 0.276. The highest BCUT2D eigenvalue weighted by atomic mass is 32.2. The van der Waals surface area contributed by atoms with Crippen molar-refractivity contribution < 1.29 is 18.3 Å². The van der Waals surface area contributed by atoms with Crippen LogP contribution < -0.4 is 4.72 Å². The van der Waals surface area contributed by atoms with Gasteiger partial charge in [-0.15, -0.1) is 0 Å². The van der Waals surface area contributed by atoms with Crippen molar-refractivity contribution in [3.05, 3.63) is 89.5 Å². The minimum atomic E-state index is -3.53. The molecule has 3 N–H and O–H groups in total. The molecule has 1 aliphatic rings. The van der Waals surface area contributed by atoms with Gasteiger partial charge in [0.15, 0.2) is 5.88 Å². The monoisotopic (exact) mass is 532 g/mol. The second-order valence-electron chi connectivity index (χ2n) is 9.69. The van der Waals surface area contributed by atoms with Gasteiger partial charge in [0.25, 0.3) is 0 Å². The van der Waals surface area contributed by atoms with Gasteiger partial charge in [0.1, 0.15) is 0 Å². The lowest BCUT2D eigenvalue weighted by Gasteiger charge is -2.26. The van der Waals surface area contributed by atoms with E-state index in [1.165, 1.54) is 5.56 Å². The molecule has 1 saturated heterocycles. The Morgan fingerprint density at radius 1 is 1.05 bits per heavy atom. The van der Waals surface area contributed by atoms with Crippen LogP contribution in [0, 0.1) is 0 Å². The van der Waals surface area contributed by atoms with Gasteiger partial charge < -0.3 is 14.8 Å². The number of ether oxygens (including phenoxy) is 1. The van der Waals surface area contributed by atoms with Crippen molar-refractivity contribution in [3.8, 4) is 5.88 Å². The molecule has 0 atom stereocenters. The number of aromatic nitrogens is 1. The number of benzene rings is 3. The fourth-order valence-electron chi connectivity index (χ4n) is 4.45. The summed E-state index contributed by atoms with van der Waals surface area (Å²) in [5.41, 5.74) is 4.97. The number of rotatable bonds is 8. The summed E-state index contributed by atoms with van der Waals surface area (Å²) in [6.07, 6.45) is 0. The smallest absolute Gasteiger partial charge is 0.235 e. The molecule has 9 heteroatoms. The normalized spacial score (nSPS) is 15.3. The molecule has 1 fully saturated rings. The maximum absolute atomic E-state index is 12.5. The van der Waals surface area contributed by atoms with Gasteiger partial charge >= 0.3 is 0 Å². The number of nitrogens with one attached hydrogen (secondary N) is 2. The van der Waals surface area contributed by atoms with Gasteiger partial charge in [0.2, 0.25) is 10.0 Å². The summed E-state index contributed by atoms with van der Waals surface area (Å²) in [5, 5.41) is 11.1. The summed E-state index contributed by atoms with van der Waals surface area (Å²) in [6.45, 7) is 7.48. The first-order valence-electron chi connectivity index (χ1n) is 12.7. The fourth-order valence-corrected chi connectivity index (χ4v) is 5.14. The Morgan fingerprint density at radius 2 is 1.76 bits per heavy atom. The van der Waals surface area contributed by atoms with E-state index in [4.69, 9.17) is 9.73 Å². The lowest BCUT2D eigenvalue weighted by atomic mass is 10.0. The average Bonchev–Trinajstić information content (AvgIpc) is 3.24. The number of aliphatic imine (C=N–C) groups is 1. The first-order chi connectivity index (χ1) is 18.3. The summed E-state index contributed by atoms with van der Waals surface area (Å²) >= 11 is 0. The van der Waals surface area contributed by atoms with Gasteiger partial charge in [-0.25, -0.2) is 13.4 Å². The van der Waals surface area contributed by atoms with E-state index in [0.717, 1.165) is 44.1 Å². The lowest BCUT2D eigenvalue weighted by Crippen LogP contribution is -2.35. The molecule has 8 nitrogen and oxygen atoms in total. The molecule has 198 valence electrons.